The first-order valence-corrected chi connectivity index (χ1v) is 8.90. The number of hydrogen-bond acceptors (Lipinski definition) is 3. The van der Waals surface area contributed by atoms with Gasteiger partial charge in [-0.1, -0.05) is 20.8 Å². The van der Waals surface area contributed by atoms with E-state index in [0.29, 0.717) is 13.2 Å². The van der Waals surface area contributed by atoms with E-state index in [0.717, 1.165) is 0 Å². The van der Waals surface area contributed by atoms with Gasteiger partial charge in [-0.05, 0) is 32.0 Å². The van der Waals surface area contributed by atoms with Crippen molar-refractivity contribution in [3.63, 3.8) is 0 Å². The zero-order valence-corrected chi connectivity index (χ0v) is 12.7. The lowest BCUT2D eigenvalue weighted by Crippen LogP contribution is -2.43. The molecule has 1 atom stereocenters. The summed E-state index contributed by atoms with van der Waals surface area (Å²) in [4.78, 5) is 0. The summed E-state index contributed by atoms with van der Waals surface area (Å²) in [7, 11) is -1.65. The Bertz CT molecular complexity index is 243. The molecule has 4 heteroatoms. The lowest BCUT2D eigenvalue weighted by molar-refractivity contribution is -0.141. The van der Waals surface area contributed by atoms with Crippen LogP contribution in [0.2, 0.25) is 18.1 Å². The summed E-state index contributed by atoms with van der Waals surface area (Å²) in [5.41, 5.74) is 0. The van der Waals surface area contributed by atoms with Crippen LogP contribution in [0.4, 0.5) is 0 Å². The summed E-state index contributed by atoms with van der Waals surface area (Å²) in [5.74, 6) is -0.443. The highest BCUT2D eigenvalue weighted by Gasteiger charge is 2.39. The third-order valence-corrected chi connectivity index (χ3v) is 8.00. The molecule has 0 saturated carbocycles. The molecule has 0 amide bonds. The second-order valence-corrected chi connectivity index (χ2v) is 11.3. The van der Waals surface area contributed by atoms with Crippen LogP contribution in [0.3, 0.4) is 0 Å². The first-order valence-electron chi connectivity index (χ1n) is 5.99. The molecule has 1 heterocycles. The maximum atomic E-state index is 6.11. The monoisotopic (exact) mass is 246 g/mol. The smallest absolute Gasteiger partial charge is 0.192 e. The molecule has 3 nitrogen and oxygen atoms in total. The lowest BCUT2D eigenvalue weighted by atomic mass is 10.2. The summed E-state index contributed by atoms with van der Waals surface area (Å²) >= 11 is 0. The predicted molar refractivity (Wildman–Crippen MR) is 68.1 cm³/mol. The number of hydrogen-bond donors (Lipinski definition) is 0. The Morgan fingerprint density at radius 1 is 1.31 bits per heavy atom. The van der Waals surface area contributed by atoms with Crippen LogP contribution in [-0.4, -0.2) is 33.4 Å². The van der Waals surface area contributed by atoms with Gasteiger partial charge in [0.15, 0.2) is 14.1 Å². The molecule has 0 radical (unpaired) electrons. The molecule has 0 unspecified atom stereocenters. The van der Waals surface area contributed by atoms with Crippen molar-refractivity contribution in [1.29, 1.82) is 0 Å². The molecule has 0 aliphatic carbocycles. The fourth-order valence-electron chi connectivity index (χ4n) is 1.36. The maximum Gasteiger partial charge on any atom is 0.192 e. The fraction of sp³-hybridized carbons (Fsp3) is 1.00. The Morgan fingerprint density at radius 2 is 1.88 bits per heavy atom. The van der Waals surface area contributed by atoms with Crippen molar-refractivity contribution >= 4 is 8.32 Å². The largest absolute Gasteiger partial charge is 0.414 e. The maximum absolute atomic E-state index is 6.11. The van der Waals surface area contributed by atoms with E-state index in [2.05, 4.69) is 33.9 Å². The lowest BCUT2D eigenvalue weighted by Gasteiger charge is -2.36. The molecule has 0 N–H and O–H groups in total. The summed E-state index contributed by atoms with van der Waals surface area (Å²) in [6, 6.07) is 0. The van der Waals surface area contributed by atoms with E-state index in [1.807, 2.05) is 13.8 Å². The van der Waals surface area contributed by atoms with Gasteiger partial charge in [-0.15, -0.1) is 0 Å². The first-order chi connectivity index (χ1) is 7.04. The van der Waals surface area contributed by atoms with Gasteiger partial charge >= 0.3 is 0 Å². The topological polar surface area (TPSA) is 27.7 Å². The Balaban J connectivity index is 2.42. The standard InChI is InChI=1S/C12H26O3Si/c1-11(2,3)16(6,7)14-9-10-8-13-12(4,5)15-10/h10H,8-9H2,1-7H3/t10-/m0/s1. The summed E-state index contributed by atoms with van der Waals surface area (Å²) in [6.07, 6.45) is 0.0872. The van der Waals surface area contributed by atoms with Crippen LogP contribution >= 0.6 is 0 Å². The van der Waals surface area contributed by atoms with E-state index in [1.165, 1.54) is 0 Å². The van der Waals surface area contributed by atoms with E-state index >= 15 is 0 Å². The predicted octanol–water partition coefficient (Wildman–Crippen LogP) is 3.16. The van der Waals surface area contributed by atoms with Crippen molar-refractivity contribution in [2.45, 2.75) is 64.6 Å². The van der Waals surface area contributed by atoms with Gasteiger partial charge in [0, 0.05) is 0 Å². The molecule has 1 aliphatic rings. The third kappa shape index (κ3) is 3.55. The fourth-order valence-corrected chi connectivity index (χ4v) is 2.40. The molecule has 0 aromatic carbocycles. The highest BCUT2D eigenvalue weighted by Crippen LogP contribution is 2.37. The Labute approximate surface area is 101 Å². The van der Waals surface area contributed by atoms with E-state index in [-0.39, 0.29) is 11.1 Å². The van der Waals surface area contributed by atoms with Crippen molar-refractivity contribution in [1.82, 2.24) is 0 Å². The quantitative estimate of drug-likeness (QED) is 0.716. The van der Waals surface area contributed by atoms with E-state index in [4.69, 9.17) is 13.9 Å². The first kappa shape index (κ1) is 14.2. The summed E-state index contributed by atoms with van der Waals surface area (Å²) in [5, 5.41) is 0.252. The van der Waals surface area contributed by atoms with E-state index in [1.54, 1.807) is 0 Å². The normalized spacial score (nSPS) is 26.1. The average molecular weight is 246 g/mol. The molecule has 96 valence electrons. The third-order valence-electron chi connectivity index (χ3n) is 3.50. The van der Waals surface area contributed by atoms with Gasteiger partial charge in [0.1, 0.15) is 6.10 Å². The van der Waals surface area contributed by atoms with Crippen LogP contribution in [0.15, 0.2) is 0 Å². The van der Waals surface area contributed by atoms with Crippen molar-refractivity contribution in [3.8, 4) is 0 Å². The molecular weight excluding hydrogens is 220 g/mol. The van der Waals surface area contributed by atoms with Crippen LogP contribution in [0, 0.1) is 0 Å². The van der Waals surface area contributed by atoms with Crippen LogP contribution in [0.1, 0.15) is 34.6 Å². The molecule has 0 aromatic rings. The summed E-state index contributed by atoms with van der Waals surface area (Å²) < 4.78 is 17.4. The SMILES string of the molecule is CC1(C)OC[C@@H](CO[Si](C)(C)C(C)(C)C)O1. The number of rotatable bonds is 3. The van der Waals surface area contributed by atoms with Crippen molar-refractivity contribution in [3.05, 3.63) is 0 Å². The van der Waals surface area contributed by atoms with Gasteiger partial charge < -0.3 is 13.9 Å². The minimum atomic E-state index is -1.65. The number of ether oxygens (including phenoxy) is 2. The molecule has 1 rings (SSSR count). The van der Waals surface area contributed by atoms with Gasteiger partial charge in [0.05, 0.1) is 13.2 Å². The van der Waals surface area contributed by atoms with Crippen molar-refractivity contribution in [2.75, 3.05) is 13.2 Å². The van der Waals surface area contributed by atoms with Gasteiger partial charge in [0.25, 0.3) is 0 Å². The van der Waals surface area contributed by atoms with Crippen LogP contribution < -0.4 is 0 Å². The molecular formula is C12H26O3Si. The van der Waals surface area contributed by atoms with Crippen molar-refractivity contribution in [2.24, 2.45) is 0 Å². The van der Waals surface area contributed by atoms with Crippen molar-refractivity contribution < 1.29 is 13.9 Å². The second-order valence-electron chi connectivity index (χ2n) is 6.52. The molecule has 0 bridgehead atoms. The second kappa shape index (κ2) is 4.41. The summed E-state index contributed by atoms with van der Waals surface area (Å²) in [6.45, 7) is 16.4. The Kier molecular flexibility index (Phi) is 3.90. The van der Waals surface area contributed by atoms with Crippen LogP contribution in [0.25, 0.3) is 0 Å². The molecule has 1 fully saturated rings. The minimum Gasteiger partial charge on any atom is -0.414 e. The zero-order valence-electron chi connectivity index (χ0n) is 11.7. The van der Waals surface area contributed by atoms with Gasteiger partial charge in [-0.2, -0.15) is 0 Å². The van der Waals surface area contributed by atoms with Gasteiger partial charge in [-0.3, -0.25) is 0 Å². The Morgan fingerprint density at radius 3 is 2.25 bits per heavy atom. The highest BCUT2D eigenvalue weighted by atomic mass is 28.4. The van der Waals surface area contributed by atoms with Crippen LogP contribution in [-0.2, 0) is 13.9 Å². The highest BCUT2D eigenvalue weighted by molar-refractivity contribution is 6.74. The minimum absolute atomic E-state index is 0.0872. The van der Waals surface area contributed by atoms with Gasteiger partial charge in [-0.25, -0.2) is 0 Å². The molecule has 1 saturated heterocycles. The van der Waals surface area contributed by atoms with E-state index in [9.17, 15) is 0 Å². The molecule has 0 aromatic heterocycles. The van der Waals surface area contributed by atoms with Crippen LogP contribution in [0.5, 0.6) is 0 Å². The molecule has 0 spiro atoms. The zero-order chi connectivity index (χ0) is 12.6. The Hall–Kier alpha value is 0.0969. The average Bonchev–Trinajstić information content (AvgIpc) is 2.40. The molecule has 16 heavy (non-hydrogen) atoms. The van der Waals surface area contributed by atoms with E-state index < -0.39 is 14.1 Å². The van der Waals surface area contributed by atoms with Gasteiger partial charge in [0.2, 0.25) is 0 Å². The molecule has 1 aliphatic heterocycles.